The fourth-order valence-electron chi connectivity index (χ4n) is 2.44. The smallest absolute Gasteiger partial charge is 0.380 e. The summed E-state index contributed by atoms with van der Waals surface area (Å²) in [6.07, 6.45) is 1.62. The first-order chi connectivity index (χ1) is 13.8. The highest BCUT2D eigenvalue weighted by Crippen LogP contribution is 2.19. The zero-order chi connectivity index (χ0) is 21.1. The number of nitrogens with zero attached hydrogens (tertiary/aromatic N) is 6. The number of amidine groups is 1. The van der Waals surface area contributed by atoms with Crippen molar-refractivity contribution in [3.05, 3.63) is 73.8 Å². The molecular weight excluding hydrogens is 446 g/mol. The number of hydrogen-bond acceptors (Lipinski definition) is 7. The van der Waals surface area contributed by atoms with Crippen LogP contribution in [0.4, 0.5) is 5.69 Å². The number of nitro benzene ring substituents is 1. The van der Waals surface area contributed by atoms with Gasteiger partial charge in [-0.15, -0.1) is 0 Å². The van der Waals surface area contributed by atoms with E-state index >= 15 is 0 Å². The Hall–Kier alpha value is -3.54. The van der Waals surface area contributed by atoms with Gasteiger partial charge in [-0.05, 0) is 48.0 Å². The summed E-state index contributed by atoms with van der Waals surface area (Å²) in [4.78, 5) is 27.1. The summed E-state index contributed by atoms with van der Waals surface area (Å²) in [5.74, 6) is -0.886. The lowest BCUT2D eigenvalue weighted by atomic mass is 10.2. The van der Waals surface area contributed by atoms with Crippen LogP contribution >= 0.6 is 15.9 Å². The van der Waals surface area contributed by atoms with Gasteiger partial charge in [0.15, 0.2) is 11.5 Å². The van der Waals surface area contributed by atoms with Gasteiger partial charge < -0.3 is 10.6 Å². The number of non-ortho nitro benzene ring substituents is 1. The highest BCUT2D eigenvalue weighted by molar-refractivity contribution is 9.10. The molecule has 0 radical (unpaired) electrons. The molecular formula is C17H16BrN7O4. The first kappa shape index (κ1) is 20.2. The number of rotatable bonds is 6. The van der Waals surface area contributed by atoms with Gasteiger partial charge in [0.25, 0.3) is 5.69 Å². The van der Waals surface area contributed by atoms with Crippen molar-refractivity contribution >= 4 is 33.4 Å². The Morgan fingerprint density at radius 1 is 1.28 bits per heavy atom. The van der Waals surface area contributed by atoms with Crippen LogP contribution in [0.15, 0.2) is 46.2 Å². The summed E-state index contributed by atoms with van der Waals surface area (Å²) < 4.78 is 4.19. The van der Waals surface area contributed by atoms with E-state index in [1.54, 1.807) is 10.9 Å². The van der Waals surface area contributed by atoms with Crippen LogP contribution in [0.3, 0.4) is 0 Å². The van der Waals surface area contributed by atoms with Gasteiger partial charge >= 0.3 is 5.97 Å². The molecule has 12 heteroatoms. The summed E-state index contributed by atoms with van der Waals surface area (Å²) in [6.45, 7) is 4.12. The van der Waals surface area contributed by atoms with Gasteiger partial charge in [-0.3, -0.25) is 14.8 Å². The number of carbonyl (C=O) groups is 1. The first-order valence-electron chi connectivity index (χ1n) is 8.29. The Morgan fingerprint density at radius 2 is 1.97 bits per heavy atom. The van der Waals surface area contributed by atoms with E-state index in [4.69, 9.17) is 10.6 Å². The molecule has 29 heavy (non-hydrogen) atoms. The molecule has 1 aromatic carbocycles. The summed E-state index contributed by atoms with van der Waals surface area (Å²) in [5, 5.41) is 22.8. The standard InChI is InChI=1S/C17H16BrN7O4/c1-10-15(18)11(2)24(20-10)9-23-8-7-14(21-23)17(26)29-22-16(19)12-3-5-13(6-4-12)25(27)28/h3-8H,9H2,1-2H3,(H2,19,22). The second kappa shape index (κ2) is 8.22. The lowest BCUT2D eigenvalue weighted by Crippen LogP contribution is -2.16. The van der Waals surface area contributed by atoms with Crippen molar-refractivity contribution in [2.45, 2.75) is 20.5 Å². The third-order valence-electron chi connectivity index (χ3n) is 4.02. The molecule has 0 aliphatic carbocycles. The number of carbonyl (C=O) groups excluding carboxylic acids is 1. The quantitative estimate of drug-likeness (QED) is 0.195. The maximum Gasteiger partial charge on any atom is 0.385 e. The monoisotopic (exact) mass is 461 g/mol. The molecule has 0 amide bonds. The molecule has 11 nitrogen and oxygen atoms in total. The van der Waals surface area contributed by atoms with Crippen LogP contribution in [0, 0.1) is 24.0 Å². The lowest BCUT2D eigenvalue weighted by Gasteiger charge is -2.04. The predicted octanol–water partition coefficient (Wildman–Crippen LogP) is 2.35. The molecule has 2 aromatic heterocycles. The second-order valence-electron chi connectivity index (χ2n) is 6.03. The minimum absolute atomic E-state index is 0.0471. The second-order valence-corrected chi connectivity index (χ2v) is 6.82. The normalized spacial score (nSPS) is 11.5. The van der Waals surface area contributed by atoms with Crippen molar-refractivity contribution in [1.82, 2.24) is 19.6 Å². The molecule has 0 unspecified atom stereocenters. The number of aryl methyl sites for hydroxylation is 1. The van der Waals surface area contributed by atoms with Crippen LogP contribution in [0.25, 0.3) is 0 Å². The molecule has 2 N–H and O–H groups in total. The molecule has 3 rings (SSSR count). The molecule has 0 aliphatic heterocycles. The number of nitrogens with two attached hydrogens (primary N) is 1. The van der Waals surface area contributed by atoms with Crippen LogP contribution in [0.1, 0.15) is 27.4 Å². The highest BCUT2D eigenvalue weighted by Gasteiger charge is 2.14. The minimum atomic E-state index is -0.789. The van der Waals surface area contributed by atoms with Gasteiger partial charge in [-0.25, -0.2) is 9.48 Å². The number of oxime groups is 1. The SMILES string of the molecule is Cc1nn(Cn2ccc(C(=O)O/N=C(\N)c3ccc([N+](=O)[O-])cc3)n2)c(C)c1Br. The minimum Gasteiger partial charge on any atom is -0.380 e. The Morgan fingerprint density at radius 3 is 2.55 bits per heavy atom. The van der Waals surface area contributed by atoms with E-state index in [9.17, 15) is 14.9 Å². The summed E-state index contributed by atoms with van der Waals surface area (Å²) in [6, 6.07) is 6.86. The number of aromatic nitrogens is 4. The summed E-state index contributed by atoms with van der Waals surface area (Å²) in [5.41, 5.74) is 7.88. The topological polar surface area (TPSA) is 143 Å². The molecule has 0 atom stereocenters. The molecule has 0 saturated heterocycles. The zero-order valence-corrected chi connectivity index (χ0v) is 17.0. The van der Waals surface area contributed by atoms with E-state index in [1.165, 1.54) is 35.0 Å². The first-order valence-corrected chi connectivity index (χ1v) is 9.08. The Balaban J connectivity index is 1.65. The molecule has 0 spiro atoms. The van der Waals surface area contributed by atoms with Crippen LogP contribution in [-0.4, -0.2) is 36.3 Å². The number of benzene rings is 1. The van der Waals surface area contributed by atoms with E-state index < -0.39 is 10.9 Å². The van der Waals surface area contributed by atoms with Crippen molar-refractivity contribution in [1.29, 1.82) is 0 Å². The fraction of sp³-hybridized carbons (Fsp3) is 0.176. The van der Waals surface area contributed by atoms with Crippen molar-refractivity contribution in [3.63, 3.8) is 0 Å². The third kappa shape index (κ3) is 4.48. The zero-order valence-electron chi connectivity index (χ0n) is 15.4. The molecule has 3 aromatic rings. The average Bonchev–Trinajstić information content (AvgIpc) is 3.27. The molecule has 150 valence electrons. The van der Waals surface area contributed by atoms with Crippen molar-refractivity contribution in [2.75, 3.05) is 0 Å². The van der Waals surface area contributed by atoms with E-state index in [-0.39, 0.29) is 17.2 Å². The maximum atomic E-state index is 12.1. The van der Waals surface area contributed by atoms with Crippen LogP contribution in [-0.2, 0) is 11.5 Å². The van der Waals surface area contributed by atoms with Gasteiger partial charge in [0.05, 0.1) is 20.8 Å². The molecule has 0 fully saturated rings. The maximum absolute atomic E-state index is 12.1. The van der Waals surface area contributed by atoms with Gasteiger partial charge in [-0.1, -0.05) is 5.16 Å². The van der Waals surface area contributed by atoms with Gasteiger partial charge in [0.2, 0.25) is 0 Å². The van der Waals surface area contributed by atoms with Gasteiger partial charge in [-0.2, -0.15) is 10.2 Å². The molecule has 0 bridgehead atoms. The Kier molecular flexibility index (Phi) is 5.73. The number of hydrogen-bond donors (Lipinski definition) is 1. The van der Waals surface area contributed by atoms with Crippen molar-refractivity contribution in [3.8, 4) is 0 Å². The number of halogens is 1. The predicted molar refractivity (Wildman–Crippen MR) is 106 cm³/mol. The number of nitro groups is 1. The average molecular weight is 462 g/mol. The summed E-state index contributed by atoms with van der Waals surface area (Å²) in [7, 11) is 0. The van der Waals surface area contributed by atoms with E-state index in [1.807, 2.05) is 13.8 Å². The molecule has 0 saturated carbocycles. The van der Waals surface area contributed by atoms with Gasteiger partial charge in [0.1, 0.15) is 6.67 Å². The van der Waals surface area contributed by atoms with Gasteiger partial charge in [0, 0.05) is 23.9 Å². The van der Waals surface area contributed by atoms with Crippen molar-refractivity contribution in [2.24, 2.45) is 10.9 Å². The Bertz CT molecular complexity index is 1100. The molecule has 2 heterocycles. The third-order valence-corrected chi connectivity index (χ3v) is 5.17. The Labute approximate surface area is 173 Å². The van der Waals surface area contributed by atoms with Crippen LogP contribution in [0.5, 0.6) is 0 Å². The highest BCUT2D eigenvalue weighted by atomic mass is 79.9. The van der Waals surface area contributed by atoms with Crippen molar-refractivity contribution < 1.29 is 14.6 Å². The summed E-state index contributed by atoms with van der Waals surface area (Å²) >= 11 is 3.46. The fourth-order valence-corrected chi connectivity index (χ4v) is 2.73. The largest absolute Gasteiger partial charge is 0.385 e. The van der Waals surface area contributed by atoms with Crippen LogP contribution < -0.4 is 5.73 Å². The van der Waals surface area contributed by atoms with Crippen LogP contribution in [0.2, 0.25) is 0 Å². The van der Waals surface area contributed by atoms with E-state index in [0.717, 1.165) is 15.9 Å². The van der Waals surface area contributed by atoms with E-state index in [0.29, 0.717) is 12.2 Å². The van der Waals surface area contributed by atoms with E-state index in [2.05, 4.69) is 31.3 Å². The molecule has 0 aliphatic rings. The lowest BCUT2D eigenvalue weighted by molar-refractivity contribution is -0.384.